The molecule has 1 atom stereocenters. The average Bonchev–Trinajstić information content (AvgIpc) is 2.66. The van der Waals surface area contributed by atoms with Gasteiger partial charge in [-0.2, -0.15) is 0 Å². The van der Waals surface area contributed by atoms with Gasteiger partial charge in [0.15, 0.2) is 6.54 Å². The molecule has 3 nitrogen and oxygen atoms in total. The van der Waals surface area contributed by atoms with Crippen molar-refractivity contribution in [1.29, 1.82) is 0 Å². The molecule has 0 saturated carbocycles. The molecule has 0 bridgehead atoms. The molecule has 3 aromatic rings. The Labute approximate surface area is 165 Å². The maximum Gasteiger partial charge on any atom is 0.279 e. The molecule has 3 aromatic carbocycles. The van der Waals surface area contributed by atoms with Crippen molar-refractivity contribution in [2.24, 2.45) is 0 Å². The third kappa shape index (κ3) is 5.19. The number of nitrogens with two attached hydrogens (primary N) is 1. The van der Waals surface area contributed by atoms with E-state index in [1.807, 2.05) is 43.3 Å². The fourth-order valence-electron chi connectivity index (χ4n) is 3.05. The summed E-state index contributed by atoms with van der Waals surface area (Å²) >= 11 is 6.22. The molecule has 138 valence electrons. The molecule has 4 heteroatoms. The van der Waals surface area contributed by atoms with Gasteiger partial charge in [-0.25, -0.2) is 0 Å². The molecule has 0 saturated heterocycles. The summed E-state index contributed by atoms with van der Waals surface area (Å²) in [4.78, 5) is 12.5. The molecule has 0 aliphatic rings. The van der Waals surface area contributed by atoms with E-state index in [0.717, 1.165) is 5.56 Å². The zero-order chi connectivity index (χ0) is 19.2. The Kier molecular flexibility index (Phi) is 6.28. The van der Waals surface area contributed by atoms with Crippen molar-refractivity contribution in [2.75, 3.05) is 11.9 Å². The highest BCUT2D eigenvalue weighted by Gasteiger charge is 2.19. The van der Waals surface area contributed by atoms with Crippen LogP contribution < -0.4 is 10.6 Å². The summed E-state index contributed by atoms with van der Waals surface area (Å²) in [6.45, 7) is 4.35. The first kappa shape index (κ1) is 19.2. The van der Waals surface area contributed by atoms with Crippen molar-refractivity contribution in [3.05, 3.63) is 100 Å². The molecule has 1 amide bonds. The van der Waals surface area contributed by atoms with Gasteiger partial charge in [-0.3, -0.25) is 4.79 Å². The minimum absolute atomic E-state index is 0.0611. The first-order chi connectivity index (χ1) is 13.0. The van der Waals surface area contributed by atoms with E-state index < -0.39 is 0 Å². The molecule has 3 rings (SSSR count). The monoisotopic (exact) mass is 379 g/mol. The molecular weight excluding hydrogens is 356 g/mol. The van der Waals surface area contributed by atoms with Crippen LogP contribution in [0.2, 0.25) is 5.02 Å². The topological polar surface area (TPSA) is 45.7 Å². The molecule has 0 unspecified atom stereocenters. The predicted octanol–water partition coefficient (Wildman–Crippen LogP) is 4.25. The number of quaternary nitrogens is 1. The van der Waals surface area contributed by atoms with Crippen LogP contribution in [0.4, 0.5) is 5.69 Å². The lowest BCUT2D eigenvalue weighted by molar-refractivity contribution is -0.676. The van der Waals surface area contributed by atoms with Gasteiger partial charge in [0.05, 0.1) is 10.7 Å². The van der Waals surface area contributed by atoms with Crippen molar-refractivity contribution >= 4 is 23.2 Å². The SMILES string of the molecule is Cc1ccc([C@H]([NH2+]CC(=O)Nc2ccc(C)cc2Cl)c2ccccc2)cc1. The number of aryl methyl sites for hydroxylation is 2. The Morgan fingerprint density at radius 1 is 0.926 bits per heavy atom. The summed E-state index contributed by atoms with van der Waals surface area (Å²) in [6, 6.07) is 24.4. The maximum absolute atomic E-state index is 12.5. The van der Waals surface area contributed by atoms with Gasteiger partial charge in [-0.05, 0) is 31.5 Å². The van der Waals surface area contributed by atoms with Crippen molar-refractivity contribution in [3.63, 3.8) is 0 Å². The highest BCUT2D eigenvalue weighted by molar-refractivity contribution is 6.33. The number of hydrogen-bond acceptors (Lipinski definition) is 1. The van der Waals surface area contributed by atoms with Gasteiger partial charge < -0.3 is 10.6 Å². The van der Waals surface area contributed by atoms with E-state index in [9.17, 15) is 4.79 Å². The summed E-state index contributed by atoms with van der Waals surface area (Å²) in [5, 5.41) is 5.51. The molecule has 0 aromatic heterocycles. The van der Waals surface area contributed by atoms with Crippen molar-refractivity contribution < 1.29 is 10.1 Å². The smallest absolute Gasteiger partial charge is 0.279 e. The average molecular weight is 380 g/mol. The number of nitrogens with one attached hydrogen (secondary N) is 1. The van der Waals surface area contributed by atoms with Gasteiger partial charge in [-0.1, -0.05) is 77.8 Å². The molecule has 27 heavy (non-hydrogen) atoms. The largest absolute Gasteiger partial charge is 0.328 e. The van der Waals surface area contributed by atoms with E-state index in [1.165, 1.54) is 16.7 Å². The zero-order valence-corrected chi connectivity index (χ0v) is 16.3. The van der Waals surface area contributed by atoms with E-state index in [0.29, 0.717) is 17.3 Å². The number of hydrogen-bond donors (Lipinski definition) is 2. The Morgan fingerprint density at radius 3 is 2.22 bits per heavy atom. The highest BCUT2D eigenvalue weighted by atomic mass is 35.5. The van der Waals surface area contributed by atoms with Gasteiger partial charge in [0.25, 0.3) is 5.91 Å². The highest BCUT2D eigenvalue weighted by Crippen LogP contribution is 2.22. The lowest BCUT2D eigenvalue weighted by atomic mass is 9.98. The van der Waals surface area contributed by atoms with E-state index in [1.54, 1.807) is 0 Å². The molecular formula is C23H24ClN2O+. The molecule has 3 N–H and O–H groups in total. The van der Waals surface area contributed by atoms with Gasteiger partial charge in [0, 0.05) is 11.1 Å². The third-order valence-electron chi connectivity index (χ3n) is 4.53. The first-order valence-electron chi connectivity index (χ1n) is 9.04. The number of benzene rings is 3. The minimum Gasteiger partial charge on any atom is -0.328 e. The fraction of sp³-hybridized carbons (Fsp3) is 0.174. The van der Waals surface area contributed by atoms with Gasteiger partial charge in [0.1, 0.15) is 6.04 Å². The fourth-order valence-corrected chi connectivity index (χ4v) is 3.33. The van der Waals surface area contributed by atoms with Crippen LogP contribution in [0, 0.1) is 13.8 Å². The van der Waals surface area contributed by atoms with E-state index in [-0.39, 0.29) is 11.9 Å². The normalized spacial score (nSPS) is 11.8. The van der Waals surface area contributed by atoms with Crippen LogP contribution in [-0.2, 0) is 4.79 Å². The van der Waals surface area contributed by atoms with Crippen molar-refractivity contribution in [3.8, 4) is 0 Å². The maximum atomic E-state index is 12.5. The van der Waals surface area contributed by atoms with Crippen LogP contribution in [0.3, 0.4) is 0 Å². The molecule has 0 spiro atoms. The van der Waals surface area contributed by atoms with Crippen LogP contribution in [0.1, 0.15) is 28.3 Å². The second-order valence-electron chi connectivity index (χ2n) is 6.77. The Morgan fingerprint density at radius 2 is 1.56 bits per heavy atom. The van der Waals surface area contributed by atoms with Crippen LogP contribution >= 0.6 is 11.6 Å². The molecule has 0 aliphatic heterocycles. The molecule has 0 fully saturated rings. The number of halogens is 1. The standard InChI is InChI=1S/C23H23ClN2O/c1-16-8-11-19(12-9-16)23(18-6-4-3-5-7-18)25-15-22(27)26-21-13-10-17(2)14-20(21)24/h3-14,23,25H,15H2,1-2H3,(H,26,27)/p+1/t23-/m1/s1. The molecule has 0 heterocycles. The second kappa shape index (κ2) is 8.85. The quantitative estimate of drug-likeness (QED) is 0.660. The Hall–Kier alpha value is -2.62. The van der Waals surface area contributed by atoms with Gasteiger partial charge in [0.2, 0.25) is 0 Å². The lowest BCUT2D eigenvalue weighted by Gasteiger charge is -2.17. The Balaban J connectivity index is 1.72. The Bertz CT molecular complexity index is 907. The number of rotatable bonds is 6. The first-order valence-corrected chi connectivity index (χ1v) is 9.41. The van der Waals surface area contributed by atoms with E-state index in [4.69, 9.17) is 11.6 Å². The van der Waals surface area contributed by atoms with E-state index >= 15 is 0 Å². The summed E-state index contributed by atoms with van der Waals surface area (Å²) in [5.41, 5.74) is 5.27. The van der Waals surface area contributed by atoms with Crippen LogP contribution in [0.25, 0.3) is 0 Å². The van der Waals surface area contributed by atoms with Crippen molar-refractivity contribution in [1.82, 2.24) is 0 Å². The summed E-state index contributed by atoms with van der Waals surface area (Å²) in [7, 11) is 0. The van der Waals surface area contributed by atoms with Crippen molar-refractivity contribution in [2.45, 2.75) is 19.9 Å². The van der Waals surface area contributed by atoms with Gasteiger partial charge in [-0.15, -0.1) is 0 Å². The zero-order valence-electron chi connectivity index (χ0n) is 15.6. The number of anilines is 1. The third-order valence-corrected chi connectivity index (χ3v) is 4.85. The lowest BCUT2D eigenvalue weighted by Crippen LogP contribution is -2.87. The van der Waals surface area contributed by atoms with Gasteiger partial charge >= 0.3 is 0 Å². The second-order valence-corrected chi connectivity index (χ2v) is 7.18. The van der Waals surface area contributed by atoms with Crippen LogP contribution in [-0.4, -0.2) is 12.5 Å². The van der Waals surface area contributed by atoms with E-state index in [2.05, 4.69) is 54.0 Å². The summed E-state index contributed by atoms with van der Waals surface area (Å²) in [5.74, 6) is -0.0752. The molecule has 0 radical (unpaired) electrons. The number of carbonyl (C=O) groups excluding carboxylic acids is 1. The predicted molar refractivity (Wildman–Crippen MR) is 111 cm³/mol. The summed E-state index contributed by atoms with van der Waals surface area (Å²) < 4.78 is 0. The number of carbonyl (C=O) groups is 1. The minimum atomic E-state index is -0.0752. The van der Waals surface area contributed by atoms with Crippen LogP contribution in [0.5, 0.6) is 0 Å². The molecule has 0 aliphatic carbocycles. The van der Waals surface area contributed by atoms with Crippen LogP contribution in [0.15, 0.2) is 72.8 Å². The summed E-state index contributed by atoms with van der Waals surface area (Å²) in [6.07, 6.45) is 0. The number of amides is 1.